The summed E-state index contributed by atoms with van der Waals surface area (Å²) in [5.41, 5.74) is 4.46. The number of nitrogens with zero attached hydrogens (tertiary/aromatic N) is 4. The average Bonchev–Trinajstić information content (AvgIpc) is 3.20. The SMILES string of the molecule is Cc1nn(-c2ccccc2)c(C)c1/C=C/C(=O)c1cnn(C(C)C)c1. The zero-order valence-electron chi connectivity index (χ0n) is 15.0. The Morgan fingerprint density at radius 2 is 1.88 bits per heavy atom. The van der Waals surface area contributed by atoms with Gasteiger partial charge in [0.05, 0.1) is 23.1 Å². The highest BCUT2D eigenvalue weighted by Gasteiger charge is 2.12. The Labute approximate surface area is 147 Å². The van der Waals surface area contributed by atoms with Gasteiger partial charge in [0.15, 0.2) is 5.78 Å². The van der Waals surface area contributed by atoms with Gasteiger partial charge in [-0.25, -0.2) is 4.68 Å². The van der Waals surface area contributed by atoms with Crippen molar-refractivity contribution in [2.75, 3.05) is 0 Å². The summed E-state index contributed by atoms with van der Waals surface area (Å²) in [6.45, 7) is 8.02. The third-order valence-electron chi connectivity index (χ3n) is 4.16. The molecule has 0 aliphatic rings. The molecule has 0 bridgehead atoms. The minimum Gasteiger partial charge on any atom is -0.289 e. The molecule has 3 rings (SSSR count). The summed E-state index contributed by atoms with van der Waals surface area (Å²) in [4.78, 5) is 12.4. The predicted octanol–water partition coefficient (Wildman–Crippen LogP) is 4.16. The molecule has 0 atom stereocenters. The second-order valence-corrected chi connectivity index (χ2v) is 6.33. The number of benzene rings is 1. The van der Waals surface area contributed by atoms with Crippen LogP contribution in [0.25, 0.3) is 11.8 Å². The topological polar surface area (TPSA) is 52.7 Å². The van der Waals surface area contributed by atoms with Crippen LogP contribution in [-0.4, -0.2) is 25.3 Å². The normalized spacial score (nSPS) is 11.6. The molecule has 0 saturated carbocycles. The smallest absolute Gasteiger partial charge is 0.189 e. The quantitative estimate of drug-likeness (QED) is 0.520. The molecule has 2 aromatic heterocycles. The monoisotopic (exact) mass is 334 g/mol. The second-order valence-electron chi connectivity index (χ2n) is 6.33. The van der Waals surface area contributed by atoms with Crippen LogP contribution < -0.4 is 0 Å². The van der Waals surface area contributed by atoms with Crippen molar-refractivity contribution < 1.29 is 4.79 Å². The first-order valence-corrected chi connectivity index (χ1v) is 8.35. The Hall–Kier alpha value is -2.95. The Kier molecular flexibility index (Phi) is 4.65. The standard InChI is InChI=1S/C20H22N4O/c1-14(2)23-13-17(12-21-23)20(25)11-10-19-15(3)22-24(16(19)4)18-8-6-5-7-9-18/h5-14H,1-4H3/b11-10+. The Balaban J connectivity index is 1.86. The van der Waals surface area contributed by atoms with Crippen molar-refractivity contribution in [2.24, 2.45) is 0 Å². The average molecular weight is 334 g/mol. The van der Waals surface area contributed by atoms with Crippen LogP contribution in [0.1, 0.15) is 47.2 Å². The van der Waals surface area contributed by atoms with Gasteiger partial charge in [-0.05, 0) is 52.0 Å². The van der Waals surface area contributed by atoms with Crippen molar-refractivity contribution in [3.05, 3.63) is 71.3 Å². The first-order valence-electron chi connectivity index (χ1n) is 8.35. The number of ketones is 1. The zero-order chi connectivity index (χ0) is 18.0. The van der Waals surface area contributed by atoms with E-state index in [1.54, 1.807) is 23.2 Å². The molecule has 0 saturated heterocycles. The van der Waals surface area contributed by atoms with Gasteiger partial charge in [0.1, 0.15) is 0 Å². The molecule has 2 heterocycles. The number of carbonyl (C=O) groups is 1. The van der Waals surface area contributed by atoms with Gasteiger partial charge in [-0.15, -0.1) is 0 Å². The van der Waals surface area contributed by atoms with Crippen LogP contribution in [0.2, 0.25) is 0 Å². The largest absolute Gasteiger partial charge is 0.289 e. The number of hydrogen-bond acceptors (Lipinski definition) is 3. The minimum absolute atomic E-state index is 0.0573. The van der Waals surface area contributed by atoms with Crippen LogP contribution in [0.5, 0.6) is 0 Å². The summed E-state index contributed by atoms with van der Waals surface area (Å²) in [7, 11) is 0. The number of hydrogen-bond donors (Lipinski definition) is 0. The van der Waals surface area contributed by atoms with E-state index < -0.39 is 0 Å². The van der Waals surface area contributed by atoms with E-state index >= 15 is 0 Å². The maximum atomic E-state index is 12.4. The van der Waals surface area contributed by atoms with Crippen molar-refractivity contribution >= 4 is 11.9 Å². The molecule has 128 valence electrons. The lowest BCUT2D eigenvalue weighted by atomic mass is 10.1. The van der Waals surface area contributed by atoms with Gasteiger partial charge in [0, 0.05) is 23.5 Å². The number of para-hydroxylation sites is 1. The van der Waals surface area contributed by atoms with Crippen LogP contribution in [0.4, 0.5) is 0 Å². The van der Waals surface area contributed by atoms with Gasteiger partial charge in [0.25, 0.3) is 0 Å². The lowest BCUT2D eigenvalue weighted by molar-refractivity contribution is 0.104. The van der Waals surface area contributed by atoms with Crippen LogP contribution >= 0.6 is 0 Å². The van der Waals surface area contributed by atoms with Crippen molar-refractivity contribution in [3.63, 3.8) is 0 Å². The third kappa shape index (κ3) is 3.45. The van der Waals surface area contributed by atoms with Gasteiger partial charge < -0.3 is 0 Å². The van der Waals surface area contributed by atoms with Crippen LogP contribution in [-0.2, 0) is 0 Å². The van der Waals surface area contributed by atoms with Crippen molar-refractivity contribution in [1.29, 1.82) is 0 Å². The molecule has 0 fully saturated rings. The second kappa shape index (κ2) is 6.89. The number of rotatable bonds is 5. The fourth-order valence-electron chi connectivity index (χ4n) is 2.72. The van der Waals surface area contributed by atoms with Gasteiger partial charge >= 0.3 is 0 Å². The zero-order valence-corrected chi connectivity index (χ0v) is 15.0. The molecule has 0 radical (unpaired) electrons. The van der Waals surface area contributed by atoms with Gasteiger partial charge in [-0.3, -0.25) is 9.48 Å². The Morgan fingerprint density at radius 1 is 1.16 bits per heavy atom. The molecule has 0 N–H and O–H groups in total. The molecule has 5 nitrogen and oxygen atoms in total. The summed E-state index contributed by atoms with van der Waals surface area (Å²) in [6.07, 6.45) is 6.82. The highest BCUT2D eigenvalue weighted by molar-refractivity contribution is 6.06. The van der Waals surface area contributed by atoms with Gasteiger partial charge in [-0.2, -0.15) is 10.2 Å². The molecule has 5 heteroatoms. The molecular formula is C20H22N4O. The summed E-state index contributed by atoms with van der Waals surface area (Å²) in [5.74, 6) is -0.0573. The fourth-order valence-corrected chi connectivity index (χ4v) is 2.72. The third-order valence-corrected chi connectivity index (χ3v) is 4.16. The molecule has 3 aromatic rings. The molecule has 0 aliphatic carbocycles. The van der Waals surface area contributed by atoms with Crippen molar-refractivity contribution in [1.82, 2.24) is 19.6 Å². The Morgan fingerprint density at radius 3 is 2.52 bits per heavy atom. The first-order chi connectivity index (χ1) is 12.0. The maximum Gasteiger partial charge on any atom is 0.189 e. The van der Waals surface area contributed by atoms with E-state index in [2.05, 4.69) is 10.2 Å². The van der Waals surface area contributed by atoms with E-state index in [4.69, 9.17) is 0 Å². The molecule has 0 aliphatic heterocycles. The summed E-state index contributed by atoms with van der Waals surface area (Å²) in [5, 5.41) is 8.81. The van der Waals surface area contributed by atoms with E-state index in [-0.39, 0.29) is 11.8 Å². The Bertz CT molecular complexity index is 917. The molecule has 0 spiro atoms. The molecule has 0 amide bonds. The first kappa shape index (κ1) is 16.9. The highest BCUT2D eigenvalue weighted by atomic mass is 16.1. The minimum atomic E-state index is -0.0573. The summed E-state index contributed by atoms with van der Waals surface area (Å²) >= 11 is 0. The van der Waals surface area contributed by atoms with Crippen molar-refractivity contribution in [2.45, 2.75) is 33.7 Å². The lowest BCUT2D eigenvalue weighted by Crippen LogP contribution is -2.00. The van der Waals surface area contributed by atoms with Gasteiger partial charge in [0.2, 0.25) is 0 Å². The summed E-state index contributed by atoms with van der Waals surface area (Å²) < 4.78 is 3.68. The van der Waals surface area contributed by atoms with Crippen molar-refractivity contribution in [3.8, 4) is 5.69 Å². The van der Waals surface area contributed by atoms with E-state index in [0.29, 0.717) is 5.56 Å². The van der Waals surface area contributed by atoms with E-state index in [1.807, 2.05) is 68.8 Å². The van der Waals surface area contributed by atoms with E-state index in [9.17, 15) is 4.79 Å². The maximum absolute atomic E-state index is 12.4. The number of aromatic nitrogens is 4. The predicted molar refractivity (Wildman–Crippen MR) is 99.0 cm³/mol. The molecule has 0 unspecified atom stereocenters. The fraction of sp³-hybridized carbons (Fsp3) is 0.250. The van der Waals surface area contributed by atoms with Crippen LogP contribution in [0.3, 0.4) is 0 Å². The number of allylic oxidation sites excluding steroid dienone is 1. The van der Waals surface area contributed by atoms with Gasteiger partial charge in [-0.1, -0.05) is 18.2 Å². The molecular weight excluding hydrogens is 312 g/mol. The van der Waals surface area contributed by atoms with E-state index in [0.717, 1.165) is 22.6 Å². The number of carbonyl (C=O) groups excluding carboxylic acids is 1. The number of aryl methyl sites for hydroxylation is 1. The van der Waals surface area contributed by atoms with Crippen LogP contribution in [0.15, 0.2) is 48.8 Å². The highest BCUT2D eigenvalue weighted by Crippen LogP contribution is 2.19. The molecule has 1 aromatic carbocycles. The molecule has 25 heavy (non-hydrogen) atoms. The van der Waals surface area contributed by atoms with Crippen LogP contribution in [0, 0.1) is 13.8 Å². The lowest BCUT2D eigenvalue weighted by Gasteiger charge is -2.03. The van der Waals surface area contributed by atoms with E-state index in [1.165, 1.54) is 0 Å². The summed E-state index contributed by atoms with van der Waals surface area (Å²) in [6, 6.07) is 10.2.